The number of rotatable bonds is 3. The minimum atomic E-state index is 0.235. The lowest BCUT2D eigenvalue weighted by atomic mass is 10.1. The van der Waals surface area contributed by atoms with Gasteiger partial charge in [0.2, 0.25) is 0 Å². The lowest BCUT2D eigenvalue weighted by Crippen LogP contribution is -2.09. The molecule has 1 saturated carbocycles. The third-order valence-electron chi connectivity index (χ3n) is 2.04. The Balaban J connectivity index is 2.27. The van der Waals surface area contributed by atoms with Gasteiger partial charge in [0.05, 0.1) is 18.6 Å². The summed E-state index contributed by atoms with van der Waals surface area (Å²) in [7, 11) is 0. The van der Waals surface area contributed by atoms with E-state index in [1.807, 2.05) is 0 Å². The Morgan fingerprint density at radius 1 is 1.55 bits per heavy atom. The first-order valence-corrected chi connectivity index (χ1v) is 5.05. The molecule has 0 amide bonds. The van der Waals surface area contributed by atoms with Gasteiger partial charge in [0, 0.05) is 11.0 Å². The first kappa shape index (κ1) is 8.89. The summed E-state index contributed by atoms with van der Waals surface area (Å²) in [6, 6.07) is 2.32. The first-order valence-electron chi connectivity index (χ1n) is 4.00. The summed E-state index contributed by atoms with van der Waals surface area (Å²) < 4.78 is 0. The van der Waals surface area contributed by atoms with Gasteiger partial charge in [0.25, 0.3) is 0 Å². The maximum atomic E-state index is 8.71. The fourth-order valence-corrected chi connectivity index (χ4v) is 2.65. The summed E-state index contributed by atoms with van der Waals surface area (Å²) in [6.45, 7) is 0.235. The van der Waals surface area contributed by atoms with E-state index in [9.17, 15) is 0 Å². The van der Waals surface area contributed by atoms with Crippen molar-refractivity contribution in [1.82, 2.24) is 0 Å². The second-order valence-corrected chi connectivity index (χ2v) is 4.15. The number of hydrogen-bond donors (Lipinski definition) is 1. The van der Waals surface area contributed by atoms with E-state index < -0.39 is 0 Å². The molecule has 1 rings (SSSR count). The molecule has 0 spiro atoms. The SMILES string of the molecule is N#CC1CCCC1SCCO. The summed E-state index contributed by atoms with van der Waals surface area (Å²) in [5.41, 5.74) is 0. The van der Waals surface area contributed by atoms with E-state index in [4.69, 9.17) is 10.4 Å². The summed E-state index contributed by atoms with van der Waals surface area (Å²) in [6.07, 6.45) is 3.39. The van der Waals surface area contributed by atoms with E-state index >= 15 is 0 Å². The van der Waals surface area contributed by atoms with Crippen molar-refractivity contribution in [3.8, 4) is 6.07 Å². The molecule has 1 N–H and O–H groups in total. The molecule has 0 heterocycles. The second-order valence-electron chi connectivity index (χ2n) is 2.80. The van der Waals surface area contributed by atoms with Crippen molar-refractivity contribution in [3.05, 3.63) is 0 Å². The molecule has 0 bridgehead atoms. The molecule has 1 aliphatic carbocycles. The van der Waals surface area contributed by atoms with Crippen LogP contribution in [0.5, 0.6) is 0 Å². The van der Waals surface area contributed by atoms with Crippen LogP contribution >= 0.6 is 11.8 Å². The third kappa shape index (κ3) is 2.39. The zero-order chi connectivity index (χ0) is 8.10. The van der Waals surface area contributed by atoms with Crippen LogP contribution in [-0.4, -0.2) is 22.7 Å². The maximum absolute atomic E-state index is 8.71. The molecule has 1 fully saturated rings. The Labute approximate surface area is 71.6 Å². The van der Waals surface area contributed by atoms with Crippen molar-refractivity contribution in [2.24, 2.45) is 5.92 Å². The summed E-state index contributed by atoms with van der Waals surface area (Å²) >= 11 is 1.74. The Morgan fingerprint density at radius 3 is 3.00 bits per heavy atom. The highest BCUT2D eigenvalue weighted by Crippen LogP contribution is 2.34. The molecule has 0 aromatic heterocycles. The van der Waals surface area contributed by atoms with Gasteiger partial charge >= 0.3 is 0 Å². The standard InChI is InChI=1S/C8H13NOS/c9-6-7-2-1-3-8(7)11-5-4-10/h7-8,10H,1-5H2. The lowest BCUT2D eigenvalue weighted by molar-refractivity contribution is 0.322. The predicted octanol–water partition coefficient (Wildman–Crippen LogP) is 1.40. The van der Waals surface area contributed by atoms with Crippen LogP contribution in [0.25, 0.3) is 0 Å². The average Bonchev–Trinajstić information content (AvgIpc) is 2.47. The summed E-state index contributed by atoms with van der Waals surface area (Å²) in [5, 5.41) is 17.8. The van der Waals surface area contributed by atoms with Crippen LogP contribution in [0.2, 0.25) is 0 Å². The van der Waals surface area contributed by atoms with E-state index in [-0.39, 0.29) is 12.5 Å². The number of nitriles is 1. The van der Waals surface area contributed by atoms with Gasteiger partial charge in [-0.15, -0.1) is 0 Å². The van der Waals surface area contributed by atoms with E-state index in [1.54, 1.807) is 11.8 Å². The van der Waals surface area contributed by atoms with Crippen LogP contribution in [0.3, 0.4) is 0 Å². The quantitative estimate of drug-likeness (QED) is 0.698. The second kappa shape index (κ2) is 4.63. The Hall–Kier alpha value is -0.200. The topological polar surface area (TPSA) is 44.0 Å². The van der Waals surface area contributed by atoms with Crippen LogP contribution in [0.15, 0.2) is 0 Å². The zero-order valence-electron chi connectivity index (χ0n) is 6.49. The number of aliphatic hydroxyl groups excluding tert-OH is 1. The predicted molar refractivity (Wildman–Crippen MR) is 46.3 cm³/mol. The lowest BCUT2D eigenvalue weighted by Gasteiger charge is -2.10. The molecule has 0 aromatic rings. The summed E-state index contributed by atoms with van der Waals surface area (Å²) in [5.74, 6) is 1.02. The van der Waals surface area contributed by atoms with Gasteiger partial charge in [0.15, 0.2) is 0 Å². The molecule has 11 heavy (non-hydrogen) atoms. The van der Waals surface area contributed by atoms with Gasteiger partial charge in [-0.05, 0) is 12.8 Å². The third-order valence-corrected chi connectivity index (χ3v) is 3.45. The van der Waals surface area contributed by atoms with Crippen molar-refractivity contribution in [2.45, 2.75) is 24.5 Å². The Morgan fingerprint density at radius 2 is 2.36 bits per heavy atom. The van der Waals surface area contributed by atoms with E-state index in [1.165, 1.54) is 6.42 Å². The van der Waals surface area contributed by atoms with Crippen molar-refractivity contribution >= 4 is 11.8 Å². The smallest absolute Gasteiger partial charge is 0.0667 e. The highest BCUT2D eigenvalue weighted by atomic mass is 32.2. The van der Waals surface area contributed by atoms with Gasteiger partial charge < -0.3 is 5.11 Å². The van der Waals surface area contributed by atoms with Crippen LogP contribution in [0.4, 0.5) is 0 Å². The van der Waals surface area contributed by atoms with Crippen LogP contribution < -0.4 is 0 Å². The molecule has 62 valence electrons. The average molecular weight is 171 g/mol. The largest absolute Gasteiger partial charge is 0.396 e. The number of hydrogen-bond acceptors (Lipinski definition) is 3. The molecule has 2 nitrogen and oxygen atoms in total. The minimum absolute atomic E-state index is 0.235. The Bertz CT molecular complexity index is 155. The minimum Gasteiger partial charge on any atom is -0.396 e. The molecule has 0 aliphatic heterocycles. The molecular weight excluding hydrogens is 158 g/mol. The number of thioether (sulfide) groups is 1. The highest BCUT2D eigenvalue weighted by molar-refractivity contribution is 7.99. The maximum Gasteiger partial charge on any atom is 0.0667 e. The number of aliphatic hydroxyl groups is 1. The first-order chi connectivity index (χ1) is 5.38. The molecule has 0 aromatic carbocycles. The fourth-order valence-electron chi connectivity index (χ4n) is 1.48. The van der Waals surface area contributed by atoms with Gasteiger partial charge in [0.1, 0.15) is 0 Å². The van der Waals surface area contributed by atoms with E-state index in [0.717, 1.165) is 18.6 Å². The Kier molecular flexibility index (Phi) is 3.74. The molecule has 3 heteroatoms. The van der Waals surface area contributed by atoms with E-state index in [2.05, 4.69) is 6.07 Å². The molecule has 0 radical (unpaired) electrons. The monoisotopic (exact) mass is 171 g/mol. The van der Waals surface area contributed by atoms with Crippen molar-refractivity contribution < 1.29 is 5.11 Å². The van der Waals surface area contributed by atoms with Gasteiger partial charge in [-0.25, -0.2) is 0 Å². The van der Waals surface area contributed by atoms with Crippen LogP contribution in [-0.2, 0) is 0 Å². The molecular formula is C8H13NOS. The normalized spacial score (nSPS) is 30.2. The molecule has 2 atom stereocenters. The molecule has 0 saturated heterocycles. The molecule has 2 unspecified atom stereocenters. The highest BCUT2D eigenvalue weighted by Gasteiger charge is 2.26. The van der Waals surface area contributed by atoms with Gasteiger partial charge in [-0.1, -0.05) is 6.42 Å². The molecule has 1 aliphatic rings. The van der Waals surface area contributed by atoms with Crippen molar-refractivity contribution in [3.63, 3.8) is 0 Å². The number of nitrogens with zero attached hydrogens (tertiary/aromatic N) is 1. The zero-order valence-corrected chi connectivity index (χ0v) is 7.31. The van der Waals surface area contributed by atoms with Crippen LogP contribution in [0.1, 0.15) is 19.3 Å². The fraction of sp³-hybridized carbons (Fsp3) is 0.875. The van der Waals surface area contributed by atoms with Crippen molar-refractivity contribution in [2.75, 3.05) is 12.4 Å². The van der Waals surface area contributed by atoms with Crippen molar-refractivity contribution in [1.29, 1.82) is 5.26 Å². The summed E-state index contributed by atoms with van der Waals surface area (Å²) in [4.78, 5) is 0. The van der Waals surface area contributed by atoms with Gasteiger partial charge in [-0.3, -0.25) is 0 Å². The van der Waals surface area contributed by atoms with Gasteiger partial charge in [-0.2, -0.15) is 17.0 Å². The van der Waals surface area contributed by atoms with Crippen LogP contribution in [0, 0.1) is 17.2 Å². The van der Waals surface area contributed by atoms with E-state index in [0.29, 0.717) is 5.25 Å².